The predicted molar refractivity (Wildman–Crippen MR) is 84.8 cm³/mol. The zero-order valence-corrected chi connectivity index (χ0v) is 13.8. The molecule has 24 heavy (non-hydrogen) atoms. The highest BCUT2D eigenvalue weighted by Gasteiger charge is 2.22. The van der Waals surface area contributed by atoms with Crippen LogP contribution in [0.5, 0.6) is 5.75 Å². The van der Waals surface area contributed by atoms with Crippen LogP contribution in [0, 0.1) is 22.9 Å². The van der Waals surface area contributed by atoms with Gasteiger partial charge in [-0.1, -0.05) is 12.1 Å². The summed E-state index contributed by atoms with van der Waals surface area (Å²) in [6.07, 6.45) is 0. The van der Waals surface area contributed by atoms with Gasteiger partial charge in [0, 0.05) is 12.6 Å². The predicted octanol–water partition coefficient (Wildman–Crippen LogP) is 2.53. The van der Waals surface area contributed by atoms with Crippen LogP contribution in [0.3, 0.4) is 0 Å². The van der Waals surface area contributed by atoms with E-state index >= 15 is 0 Å². The van der Waals surface area contributed by atoms with Gasteiger partial charge in [-0.15, -0.1) is 0 Å². The number of aryl methyl sites for hydroxylation is 1. The minimum Gasteiger partial charge on any atom is -0.495 e. The molecule has 1 N–H and O–H groups in total. The molecule has 0 aliphatic heterocycles. The Balaban J connectivity index is 2.26. The van der Waals surface area contributed by atoms with Crippen LogP contribution in [0.25, 0.3) is 0 Å². The summed E-state index contributed by atoms with van der Waals surface area (Å²) in [7, 11) is -2.73. The fourth-order valence-electron chi connectivity index (χ4n) is 2.06. The molecule has 0 unspecified atom stereocenters. The van der Waals surface area contributed by atoms with E-state index in [0.717, 1.165) is 18.2 Å². The minimum absolute atomic E-state index is 0.0520. The number of nitro benzene ring substituents is 1. The molecule has 128 valence electrons. The summed E-state index contributed by atoms with van der Waals surface area (Å²) in [6.45, 7) is 1.52. The number of benzene rings is 2. The number of sulfonamides is 1. The van der Waals surface area contributed by atoms with Crippen LogP contribution in [0.2, 0.25) is 0 Å². The molecule has 0 saturated carbocycles. The van der Waals surface area contributed by atoms with E-state index < -0.39 is 14.9 Å². The van der Waals surface area contributed by atoms with Gasteiger partial charge in [0.2, 0.25) is 10.0 Å². The topological polar surface area (TPSA) is 98.5 Å². The second-order valence-electron chi connectivity index (χ2n) is 5.00. The lowest BCUT2D eigenvalue weighted by Gasteiger charge is -2.11. The Morgan fingerprint density at radius 3 is 2.54 bits per heavy atom. The van der Waals surface area contributed by atoms with Gasteiger partial charge in [0.05, 0.1) is 18.1 Å². The Morgan fingerprint density at radius 1 is 1.25 bits per heavy atom. The van der Waals surface area contributed by atoms with Crippen molar-refractivity contribution in [3.8, 4) is 5.75 Å². The zero-order chi connectivity index (χ0) is 17.9. The molecule has 2 aromatic rings. The Morgan fingerprint density at radius 2 is 1.96 bits per heavy atom. The van der Waals surface area contributed by atoms with Gasteiger partial charge < -0.3 is 4.74 Å². The van der Waals surface area contributed by atoms with Crippen LogP contribution in [-0.2, 0) is 16.6 Å². The first kappa shape index (κ1) is 17.8. The lowest BCUT2D eigenvalue weighted by molar-refractivity contribution is -0.385. The maximum Gasteiger partial charge on any atom is 0.273 e. The van der Waals surface area contributed by atoms with E-state index in [1.54, 1.807) is 6.92 Å². The summed E-state index contributed by atoms with van der Waals surface area (Å²) < 4.78 is 45.3. The molecule has 0 saturated heterocycles. The molecular formula is C15H15FN2O5S. The highest BCUT2D eigenvalue weighted by Crippen LogP contribution is 2.28. The average molecular weight is 354 g/mol. The number of methoxy groups -OCH3 is 1. The number of rotatable bonds is 6. The number of ether oxygens (including phenoxy) is 1. The first-order chi connectivity index (χ1) is 11.2. The van der Waals surface area contributed by atoms with Gasteiger partial charge in [0.25, 0.3) is 5.69 Å². The highest BCUT2D eigenvalue weighted by atomic mass is 32.2. The second kappa shape index (κ2) is 6.93. The lowest BCUT2D eigenvalue weighted by atomic mass is 10.1. The van der Waals surface area contributed by atoms with Crippen molar-refractivity contribution in [2.45, 2.75) is 18.4 Å². The van der Waals surface area contributed by atoms with Crippen molar-refractivity contribution in [1.29, 1.82) is 0 Å². The maximum atomic E-state index is 13.2. The van der Waals surface area contributed by atoms with E-state index in [1.807, 2.05) is 0 Å². The maximum absolute atomic E-state index is 13.2. The molecule has 9 heteroatoms. The number of nitrogens with one attached hydrogen (secondary N) is 1. The van der Waals surface area contributed by atoms with Gasteiger partial charge in [-0.05, 0) is 30.2 Å². The Labute approximate surface area is 138 Å². The number of non-ortho nitro benzene ring substituents is 1. The van der Waals surface area contributed by atoms with E-state index in [2.05, 4.69) is 4.72 Å². The van der Waals surface area contributed by atoms with E-state index in [-0.39, 0.29) is 28.7 Å². The number of halogens is 1. The van der Waals surface area contributed by atoms with Crippen LogP contribution in [-0.4, -0.2) is 20.5 Å². The van der Waals surface area contributed by atoms with Crippen molar-refractivity contribution in [2.24, 2.45) is 0 Å². The fourth-order valence-corrected chi connectivity index (χ4v) is 3.23. The third-order valence-corrected chi connectivity index (χ3v) is 4.78. The van der Waals surface area contributed by atoms with Crippen molar-refractivity contribution in [3.63, 3.8) is 0 Å². The van der Waals surface area contributed by atoms with Crippen molar-refractivity contribution in [2.75, 3.05) is 7.11 Å². The molecule has 0 aliphatic carbocycles. The quantitative estimate of drug-likeness (QED) is 0.635. The van der Waals surface area contributed by atoms with E-state index in [0.29, 0.717) is 11.1 Å². The van der Waals surface area contributed by atoms with Crippen molar-refractivity contribution < 1.29 is 22.5 Å². The van der Waals surface area contributed by atoms with Crippen LogP contribution >= 0.6 is 0 Å². The molecule has 0 heterocycles. The summed E-state index contributed by atoms with van der Waals surface area (Å²) in [6, 6.07) is 7.49. The highest BCUT2D eigenvalue weighted by molar-refractivity contribution is 7.89. The molecule has 0 fully saturated rings. The average Bonchev–Trinajstić information content (AvgIpc) is 2.55. The van der Waals surface area contributed by atoms with Gasteiger partial charge in [0.1, 0.15) is 16.5 Å². The number of hydrogen-bond donors (Lipinski definition) is 1. The smallest absolute Gasteiger partial charge is 0.273 e. The molecule has 0 atom stereocenters. The van der Waals surface area contributed by atoms with Gasteiger partial charge in [-0.3, -0.25) is 10.1 Å². The zero-order valence-electron chi connectivity index (χ0n) is 12.9. The van der Waals surface area contributed by atoms with Crippen molar-refractivity contribution in [3.05, 3.63) is 63.5 Å². The molecule has 0 spiro atoms. The molecule has 0 bridgehead atoms. The summed E-state index contributed by atoms with van der Waals surface area (Å²) in [5.74, 6) is -0.509. The van der Waals surface area contributed by atoms with Crippen molar-refractivity contribution >= 4 is 15.7 Å². The molecule has 2 aromatic carbocycles. The largest absolute Gasteiger partial charge is 0.495 e. The Kier molecular flexibility index (Phi) is 5.15. The second-order valence-corrected chi connectivity index (χ2v) is 6.74. The van der Waals surface area contributed by atoms with Crippen LogP contribution in [0.4, 0.5) is 10.1 Å². The SMILES string of the molecule is COc1cc([N+](=O)[O-])ccc1S(=O)(=O)NCc1ccc(F)c(C)c1. The van der Waals surface area contributed by atoms with Gasteiger partial charge in [-0.2, -0.15) is 0 Å². The van der Waals surface area contributed by atoms with Gasteiger partial charge >= 0.3 is 0 Å². The molecule has 7 nitrogen and oxygen atoms in total. The number of hydrogen-bond acceptors (Lipinski definition) is 5. The molecule has 0 radical (unpaired) electrons. The number of nitrogens with zero attached hydrogens (tertiary/aromatic N) is 1. The third kappa shape index (κ3) is 3.87. The normalized spacial score (nSPS) is 11.3. The third-order valence-electron chi connectivity index (χ3n) is 3.34. The Hall–Kier alpha value is -2.52. The van der Waals surface area contributed by atoms with E-state index in [4.69, 9.17) is 4.74 Å². The molecule has 2 rings (SSSR count). The minimum atomic E-state index is -3.96. The first-order valence-corrected chi connectivity index (χ1v) is 8.30. The van der Waals surface area contributed by atoms with Crippen LogP contribution in [0.1, 0.15) is 11.1 Å². The summed E-state index contributed by atoms with van der Waals surface area (Å²) in [4.78, 5) is 9.90. The van der Waals surface area contributed by atoms with Gasteiger partial charge in [-0.25, -0.2) is 17.5 Å². The summed E-state index contributed by atoms with van der Waals surface area (Å²) >= 11 is 0. The summed E-state index contributed by atoms with van der Waals surface area (Å²) in [5, 5.41) is 10.8. The number of nitro groups is 1. The van der Waals surface area contributed by atoms with Gasteiger partial charge in [0.15, 0.2) is 0 Å². The van der Waals surface area contributed by atoms with Crippen molar-refractivity contribution in [1.82, 2.24) is 4.72 Å². The lowest BCUT2D eigenvalue weighted by Crippen LogP contribution is -2.23. The standard InChI is InChI=1S/C15H15FN2O5S/c1-10-7-11(3-5-13(10)16)9-17-24(21,22)15-6-4-12(18(19)20)8-14(15)23-2/h3-8,17H,9H2,1-2H3. The first-order valence-electron chi connectivity index (χ1n) is 6.81. The van der Waals surface area contributed by atoms with Crippen LogP contribution < -0.4 is 9.46 Å². The molecule has 0 aromatic heterocycles. The fraction of sp³-hybridized carbons (Fsp3) is 0.200. The van der Waals surface area contributed by atoms with E-state index in [9.17, 15) is 22.9 Å². The molecule has 0 amide bonds. The molecular weight excluding hydrogens is 339 g/mol. The van der Waals surface area contributed by atoms with E-state index in [1.165, 1.54) is 25.3 Å². The molecule has 0 aliphatic rings. The summed E-state index contributed by atoms with van der Waals surface area (Å²) in [5.41, 5.74) is 0.706. The monoisotopic (exact) mass is 354 g/mol. The Bertz CT molecular complexity index is 883. The van der Waals surface area contributed by atoms with Crippen LogP contribution in [0.15, 0.2) is 41.3 Å².